The summed E-state index contributed by atoms with van der Waals surface area (Å²) in [4.78, 5) is 12.3. The quantitative estimate of drug-likeness (QED) is 0.806. The Bertz CT molecular complexity index is 792. The number of aromatic nitrogens is 3. The predicted octanol–water partition coefficient (Wildman–Crippen LogP) is 3.20. The number of amides is 1. The molecule has 6 nitrogen and oxygen atoms in total. The number of fused-ring (bicyclic) bond motifs is 1. The molecule has 0 saturated carbocycles. The van der Waals surface area contributed by atoms with Gasteiger partial charge in [0.2, 0.25) is 5.91 Å². The van der Waals surface area contributed by atoms with Crippen LogP contribution in [0.1, 0.15) is 31.5 Å². The molecule has 1 aromatic heterocycles. The van der Waals surface area contributed by atoms with Crippen molar-refractivity contribution in [2.24, 2.45) is 5.92 Å². The Labute approximate surface area is 170 Å². The van der Waals surface area contributed by atoms with Gasteiger partial charge in [-0.2, -0.15) is 0 Å². The van der Waals surface area contributed by atoms with Gasteiger partial charge in [0.25, 0.3) is 0 Å². The van der Waals surface area contributed by atoms with Crippen LogP contribution in [0, 0.1) is 11.7 Å². The highest BCUT2D eigenvalue weighted by Gasteiger charge is 2.24. The standard InChI is InChI=1S/C18H22FN5O.2ClH/c19-14-6-5-12(10-15(14)21-18(25)13-7-8-20-11-13)17-23-22-16-4-2-1-3-9-24(16)17;;/h5-6,10,13,20H,1-4,7-9,11H2,(H,21,25);2*1H. The lowest BCUT2D eigenvalue weighted by atomic mass is 10.1. The summed E-state index contributed by atoms with van der Waals surface area (Å²) in [5, 5.41) is 14.5. The van der Waals surface area contributed by atoms with Gasteiger partial charge in [0, 0.05) is 25.1 Å². The number of benzene rings is 1. The molecule has 4 rings (SSSR count). The number of nitrogens with one attached hydrogen (secondary N) is 2. The normalized spacial score (nSPS) is 18.6. The third-order valence-corrected chi connectivity index (χ3v) is 5.02. The zero-order valence-electron chi connectivity index (χ0n) is 14.9. The van der Waals surface area contributed by atoms with Gasteiger partial charge in [-0.25, -0.2) is 4.39 Å². The number of carbonyl (C=O) groups is 1. The van der Waals surface area contributed by atoms with Crippen LogP contribution in [0.2, 0.25) is 0 Å². The molecule has 2 N–H and O–H groups in total. The van der Waals surface area contributed by atoms with Crippen molar-refractivity contribution in [3.63, 3.8) is 0 Å². The van der Waals surface area contributed by atoms with E-state index in [9.17, 15) is 9.18 Å². The SMILES string of the molecule is Cl.Cl.O=C(Nc1cc(-c2nnc3n2CCCCC3)ccc1F)C1CCNC1. The second kappa shape index (κ2) is 9.48. The highest BCUT2D eigenvalue weighted by molar-refractivity contribution is 5.93. The van der Waals surface area contributed by atoms with E-state index in [0.29, 0.717) is 6.54 Å². The minimum absolute atomic E-state index is 0. The molecule has 9 heteroatoms. The number of halogens is 3. The highest BCUT2D eigenvalue weighted by Crippen LogP contribution is 2.27. The van der Waals surface area contributed by atoms with Crippen LogP contribution in [0.5, 0.6) is 0 Å². The van der Waals surface area contributed by atoms with E-state index in [1.54, 1.807) is 12.1 Å². The van der Waals surface area contributed by atoms with Gasteiger partial charge in [0.1, 0.15) is 11.6 Å². The Balaban J connectivity index is 0.00000131. The van der Waals surface area contributed by atoms with Crippen molar-refractivity contribution in [2.75, 3.05) is 18.4 Å². The van der Waals surface area contributed by atoms with Crippen LogP contribution in [0.3, 0.4) is 0 Å². The van der Waals surface area contributed by atoms with Gasteiger partial charge >= 0.3 is 0 Å². The topological polar surface area (TPSA) is 71.8 Å². The van der Waals surface area contributed by atoms with E-state index in [4.69, 9.17) is 0 Å². The number of rotatable bonds is 3. The molecule has 1 atom stereocenters. The van der Waals surface area contributed by atoms with Crippen molar-refractivity contribution in [1.29, 1.82) is 0 Å². The van der Waals surface area contributed by atoms with Crippen molar-refractivity contribution in [3.8, 4) is 11.4 Å². The minimum atomic E-state index is -0.432. The Morgan fingerprint density at radius 3 is 2.85 bits per heavy atom. The number of hydrogen-bond donors (Lipinski definition) is 2. The molecule has 3 heterocycles. The maximum absolute atomic E-state index is 14.2. The highest BCUT2D eigenvalue weighted by atomic mass is 35.5. The van der Waals surface area contributed by atoms with Crippen LogP contribution in [0.25, 0.3) is 11.4 Å². The number of anilines is 1. The number of carbonyl (C=O) groups excluding carboxylic acids is 1. The largest absolute Gasteiger partial charge is 0.323 e. The molecule has 0 aliphatic carbocycles. The van der Waals surface area contributed by atoms with Crippen LogP contribution in [-0.2, 0) is 17.8 Å². The van der Waals surface area contributed by atoms with Crippen molar-refractivity contribution in [2.45, 2.75) is 38.6 Å². The van der Waals surface area contributed by atoms with Crippen molar-refractivity contribution in [3.05, 3.63) is 29.8 Å². The first kappa shape index (κ1) is 21.6. The maximum atomic E-state index is 14.2. The summed E-state index contributed by atoms with van der Waals surface area (Å²) in [6.45, 7) is 2.35. The van der Waals surface area contributed by atoms with Gasteiger partial charge in [-0.3, -0.25) is 4.79 Å². The first-order chi connectivity index (χ1) is 12.2. The second-order valence-electron chi connectivity index (χ2n) is 6.78. The number of nitrogens with zero attached hydrogens (tertiary/aromatic N) is 3. The Hall–Kier alpha value is -1.70. The number of hydrogen-bond acceptors (Lipinski definition) is 4. The molecule has 0 bridgehead atoms. The van der Waals surface area contributed by atoms with Gasteiger partial charge in [-0.05, 0) is 44.0 Å². The van der Waals surface area contributed by atoms with Gasteiger partial charge in [-0.1, -0.05) is 6.42 Å². The Morgan fingerprint density at radius 1 is 1.22 bits per heavy atom. The van der Waals surface area contributed by atoms with Crippen LogP contribution < -0.4 is 10.6 Å². The summed E-state index contributed by atoms with van der Waals surface area (Å²) >= 11 is 0. The van der Waals surface area contributed by atoms with Crippen molar-refractivity contribution >= 4 is 36.4 Å². The van der Waals surface area contributed by atoms with Crippen LogP contribution in [-0.4, -0.2) is 33.8 Å². The molecule has 2 aliphatic rings. The van der Waals surface area contributed by atoms with Crippen molar-refractivity contribution in [1.82, 2.24) is 20.1 Å². The van der Waals surface area contributed by atoms with E-state index < -0.39 is 5.82 Å². The fraction of sp³-hybridized carbons (Fsp3) is 0.500. The smallest absolute Gasteiger partial charge is 0.228 e. The number of aryl methyl sites for hydroxylation is 1. The first-order valence-electron chi connectivity index (χ1n) is 8.96. The third kappa shape index (κ3) is 4.59. The van der Waals surface area contributed by atoms with E-state index in [1.807, 2.05) is 0 Å². The van der Waals surface area contributed by atoms with Crippen LogP contribution >= 0.6 is 24.8 Å². The molecule has 1 aromatic carbocycles. The molecular weight excluding hydrogens is 392 g/mol. The van der Waals surface area contributed by atoms with E-state index in [1.165, 1.54) is 12.5 Å². The lowest BCUT2D eigenvalue weighted by Crippen LogP contribution is -2.25. The molecule has 148 valence electrons. The zero-order chi connectivity index (χ0) is 17.2. The van der Waals surface area contributed by atoms with E-state index in [0.717, 1.165) is 56.0 Å². The molecule has 27 heavy (non-hydrogen) atoms. The van der Waals surface area contributed by atoms with Crippen LogP contribution in [0.15, 0.2) is 18.2 Å². The third-order valence-electron chi connectivity index (χ3n) is 5.02. The molecule has 1 amide bonds. The first-order valence-corrected chi connectivity index (χ1v) is 8.96. The summed E-state index contributed by atoms with van der Waals surface area (Å²) in [5.41, 5.74) is 0.988. The van der Waals surface area contributed by atoms with Crippen molar-refractivity contribution < 1.29 is 9.18 Å². The Morgan fingerprint density at radius 2 is 2.07 bits per heavy atom. The van der Waals surface area contributed by atoms with E-state index >= 15 is 0 Å². The molecule has 1 fully saturated rings. The lowest BCUT2D eigenvalue weighted by molar-refractivity contribution is -0.119. The zero-order valence-corrected chi connectivity index (χ0v) is 16.5. The molecular formula is C18H24Cl2FN5O. The monoisotopic (exact) mass is 415 g/mol. The van der Waals surface area contributed by atoms with Crippen LogP contribution in [0.4, 0.5) is 10.1 Å². The van der Waals surface area contributed by atoms with Gasteiger partial charge < -0.3 is 15.2 Å². The minimum Gasteiger partial charge on any atom is -0.323 e. The average Bonchev–Trinajstić information content (AvgIpc) is 3.23. The summed E-state index contributed by atoms with van der Waals surface area (Å²) in [5.74, 6) is 1.06. The van der Waals surface area contributed by atoms with E-state index in [-0.39, 0.29) is 42.3 Å². The molecule has 1 saturated heterocycles. The Kier molecular flexibility index (Phi) is 7.59. The molecule has 0 spiro atoms. The van der Waals surface area contributed by atoms with Gasteiger partial charge in [-0.15, -0.1) is 35.0 Å². The lowest BCUT2D eigenvalue weighted by Gasteiger charge is -2.12. The summed E-state index contributed by atoms with van der Waals surface area (Å²) in [6.07, 6.45) is 5.11. The van der Waals surface area contributed by atoms with E-state index in [2.05, 4.69) is 25.4 Å². The van der Waals surface area contributed by atoms with Gasteiger partial charge in [0.05, 0.1) is 11.6 Å². The molecule has 2 aliphatic heterocycles. The average molecular weight is 416 g/mol. The fourth-order valence-corrected chi connectivity index (χ4v) is 3.57. The fourth-order valence-electron chi connectivity index (χ4n) is 3.57. The summed E-state index contributed by atoms with van der Waals surface area (Å²) < 4.78 is 16.3. The van der Waals surface area contributed by atoms with Gasteiger partial charge in [0.15, 0.2) is 5.82 Å². The maximum Gasteiger partial charge on any atom is 0.228 e. The second-order valence-corrected chi connectivity index (χ2v) is 6.78. The predicted molar refractivity (Wildman–Crippen MR) is 107 cm³/mol. The summed E-state index contributed by atoms with van der Waals surface area (Å²) in [7, 11) is 0. The summed E-state index contributed by atoms with van der Waals surface area (Å²) in [6, 6.07) is 4.75. The molecule has 1 unspecified atom stereocenters. The molecule has 2 aromatic rings. The molecule has 0 radical (unpaired) electrons.